The molecule has 1 fully saturated rings. The van der Waals surface area contributed by atoms with Gasteiger partial charge >= 0.3 is 5.97 Å². The van der Waals surface area contributed by atoms with E-state index in [1.165, 1.54) is 4.90 Å². The van der Waals surface area contributed by atoms with Crippen molar-refractivity contribution in [3.05, 3.63) is 29.3 Å². The van der Waals surface area contributed by atoms with Gasteiger partial charge in [-0.25, -0.2) is 4.79 Å². The maximum Gasteiger partial charge on any atom is 0.328 e. The van der Waals surface area contributed by atoms with E-state index >= 15 is 0 Å². The van der Waals surface area contributed by atoms with E-state index in [0.717, 1.165) is 16.8 Å². The molecule has 0 aromatic heterocycles. The van der Waals surface area contributed by atoms with Gasteiger partial charge in [0.2, 0.25) is 5.91 Å². The second-order valence-electron chi connectivity index (χ2n) is 5.05. The minimum Gasteiger partial charge on any atom is -0.480 e. The first-order valence-electron chi connectivity index (χ1n) is 6.21. The topological polar surface area (TPSA) is 60.9 Å². The van der Waals surface area contributed by atoms with E-state index in [2.05, 4.69) is 0 Å². The number of rotatable bonds is 2. The van der Waals surface area contributed by atoms with E-state index in [9.17, 15) is 14.7 Å². The molecule has 5 heteroatoms. The third-order valence-electron chi connectivity index (χ3n) is 3.51. The summed E-state index contributed by atoms with van der Waals surface area (Å²) in [6.07, 6.45) is 0. The summed E-state index contributed by atoms with van der Waals surface area (Å²) in [5, 5.41) is 9.35. The highest BCUT2D eigenvalue weighted by Crippen LogP contribution is 2.26. The van der Waals surface area contributed by atoms with Crippen molar-refractivity contribution < 1.29 is 14.7 Å². The van der Waals surface area contributed by atoms with Crippen molar-refractivity contribution in [1.82, 2.24) is 4.90 Å². The third kappa shape index (κ3) is 2.54. The SMILES string of the molecule is Cc1ccc(C)c(N2CC(=O)N(C)CC2C(=O)O)c1. The summed E-state index contributed by atoms with van der Waals surface area (Å²) in [4.78, 5) is 26.4. The van der Waals surface area contributed by atoms with Gasteiger partial charge in [0, 0.05) is 12.7 Å². The second kappa shape index (κ2) is 4.91. The molecule has 1 aromatic carbocycles. The van der Waals surface area contributed by atoms with Gasteiger partial charge in [-0.1, -0.05) is 12.1 Å². The Labute approximate surface area is 112 Å². The Hall–Kier alpha value is -2.04. The van der Waals surface area contributed by atoms with Gasteiger partial charge in [-0.3, -0.25) is 4.79 Å². The molecular formula is C14H18N2O3. The van der Waals surface area contributed by atoms with Gasteiger partial charge in [0.15, 0.2) is 0 Å². The molecule has 1 heterocycles. The summed E-state index contributed by atoms with van der Waals surface area (Å²) in [5.74, 6) is -0.960. The Morgan fingerprint density at radius 2 is 2.05 bits per heavy atom. The van der Waals surface area contributed by atoms with Crippen molar-refractivity contribution >= 4 is 17.6 Å². The molecule has 2 rings (SSSR count). The molecule has 5 nitrogen and oxygen atoms in total. The lowest BCUT2D eigenvalue weighted by Crippen LogP contribution is -2.58. The molecule has 1 aliphatic heterocycles. The number of aliphatic carboxylic acids is 1. The maximum absolute atomic E-state index is 11.8. The van der Waals surface area contributed by atoms with Crippen LogP contribution in [-0.2, 0) is 9.59 Å². The standard InChI is InChI=1S/C14H18N2O3/c1-9-4-5-10(2)11(6-9)16-8-13(17)15(3)7-12(16)14(18)19/h4-6,12H,7-8H2,1-3H3,(H,18,19). The third-order valence-corrected chi connectivity index (χ3v) is 3.51. The summed E-state index contributed by atoms with van der Waals surface area (Å²) < 4.78 is 0. The molecule has 1 atom stereocenters. The molecule has 1 aromatic rings. The van der Waals surface area contributed by atoms with Gasteiger partial charge in [0.05, 0.1) is 13.1 Å². The first-order chi connectivity index (χ1) is 8.90. The number of carbonyl (C=O) groups excluding carboxylic acids is 1. The fourth-order valence-corrected chi connectivity index (χ4v) is 2.33. The van der Waals surface area contributed by atoms with Crippen molar-refractivity contribution in [2.75, 3.05) is 25.0 Å². The zero-order chi connectivity index (χ0) is 14.2. The van der Waals surface area contributed by atoms with Crippen LogP contribution in [0.1, 0.15) is 11.1 Å². The Kier molecular flexibility index (Phi) is 3.46. The lowest BCUT2D eigenvalue weighted by Gasteiger charge is -2.39. The average Bonchev–Trinajstić information content (AvgIpc) is 2.35. The molecule has 1 aliphatic rings. The molecule has 102 valence electrons. The minimum atomic E-state index is -0.903. The van der Waals surface area contributed by atoms with Crippen LogP contribution in [0.5, 0.6) is 0 Å². The Morgan fingerprint density at radius 3 is 2.68 bits per heavy atom. The van der Waals surface area contributed by atoms with Gasteiger partial charge < -0.3 is 14.9 Å². The number of nitrogens with zero attached hydrogens (tertiary/aromatic N) is 2. The minimum absolute atomic E-state index is 0.0570. The smallest absolute Gasteiger partial charge is 0.328 e. The lowest BCUT2D eigenvalue weighted by atomic mass is 10.1. The molecule has 1 unspecified atom stereocenters. The molecular weight excluding hydrogens is 244 g/mol. The lowest BCUT2D eigenvalue weighted by molar-refractivity contribution is -0.141. The number of hydrogen-bond acceptors (Lipinski definition) is 3. The molecule has 19 heavy (non-hydrogen) atoms. The maximum atomic E-state index is 11.8. The zero-order valence-corrected chi connectivity index (χ0v) is 11.4. The van der Waals surface area contributed by atoms with Crippen molar-refractivity contribution in [1.29, 1.82) is 0 Å². The second-order valence-corrected chi connectivity index (χ2v) is 5.05. The van der Waals surface area contributed by atoms with Crippen LogP contribution >= 0.6 is 0 Å². The first kappa shape index (κ1) is 13.4. The fourth-order valence-electron chi connectivity index (χ4n) is 2.33. The average molecular weight is 262 g/mol. The molecule has 1 saturated heterocycles. The molecule has 1 N–H and O–H groups in total. The Bertz CT molecular complexity index is 527. The summed E-state index contributed by atoms with van der Waals surface area (Å²) in [7, 11) is 1.64. The van der Waals surface area contributed by atoms with Crippen molar-refractivity contribution in [3.8, 4) is 0 Å². The van der Waals surface area contributed by atoms with Crippen LogP contribution in [0.25, 0.3) is 0 Å². The highest BCUT2D eigenvalue weighted by molar-refractivity contribution is 5.89. The van der Waals surface area contributed by atoms with Crippen LogP contribution in [0.2, 0.25) is 0 Å². The number of anilines is 1. The summed E-state index contributed by atoms with van der Waals surface area (Å²) >= 11 is 0. The van der Waals surface area contributed by atoms with E-state index in [1.807, 2.05) is 32.0 Å². The van der Waals surface area contributed by atoms with Crippen molar-refractivity contribution in [2.45, 2.75) is 19.9 Å². The summed E-state index contributed by atoms with van der Waals surface area (Å²) in [6.45, 7) is 4.20. The van der Waals surface area contributed by atoms with Gasteiger partial charge in [-0.15, -0.1) is 0 Å². The van der Waals surface area contributed by atoms with Crippen molar-refractivity contribution in [2.24, 2.45) is 0 Å². The summed E-state index contributed by atoms with van der Waals surface area (Å²) in [6, 6.07) is 5.17. The zero-order valence-electron chi connectivity index (χ0n) is 11.4. The van der Waals surface area contributed by atoms with Crippen LogP contribution in [0.15, 0.2) is 18.2 Å². The number of carboxylic acids is 1. The first-order valence-corrected chi connectivity index (χ1v) is 6.21. The number of likely N-dealkylation sites (N-methyl/N-ethyl adjacent to an activating group) is 1. The molecule has 0 aliphatic carbocycles. The fraction of sp³-hybridized carbons (Fsp3) is 0.429. The highest BCUT2D eigenvalue weighted by atomic mass is 16.4. The van der Waals surface area contributed by atoms with Gasteiger partial charge in [-0.2, -0.15) is 0 Å². The van der Waals surface area contributed by atoms with E-state index in [-0.39, 0.29) is 19.0 Å². The van der Waals surface area contributed by atoms with Crippen molar-refractivity contribution in [3.63, 3.8) is 0 Å². The normalized spacial score (nSPS) is 19.7. The van der Waals surface area contributed by atoms with Crippen LogP contribution in [0, 0.1) is 13.8 Å². The van der Waals surface area contributed by atoms with Gasteiger partial charge in [0.1, 0.15) is 6.04 Å². The number of hydrogen-bond donors (Lipinski definition) is 1. The van der Waals surface area contributed by atoms with E-state index in [0.29, 0.717) is 0 Å². The number of aryl methyl sites for hydroxylation is 2. The largest absolute Gasteiger partial charge is 0.480 e. The van der Waals surface area contributed by atoms with Crippen LogP contribution in [-0.4, -0.2) is 48.1 Å². The number of carboxylic acid groups (broad SMARTS) is 1. The van der Waals surface area contributed by atoms with Crippen LogP contribution < -0.4 is 4.90 Å². The number of carbonyl (C=O) groups is 2. The number of piperazine rings is 1. The van der Waals surface area contributed by atoms with Gasteiger partial charge in [0.25, 0.3) is 0 Å². The number of amides is 1. The Morgan fingerprint density at radius 1 is 1.37 bits per heavy atom. The Balaban J connectivity index is 2.42. The molecule has 0 bridgehead atoms. The number of benzene rings is 1. The van der Waals surface area contributed by atoms with E-state index in [1.54, 1.807) is 11.9 Å². The monoisotopic (exact) mass is 262 g/mol. The predicted octanol–water partition coefficient (Wildman–Crippen LogP) is 1.04. The molecule has 0 saturated carbocycles. The quantitative estimate of drug-likeness (QED) is 0.865. The van der Waals surface area contributed by atoms with E-state index in [4.69, 9.17) is 0 Å². The highest BCUT2D eigenvalue weighted by Gasteiger charge is 2.35. The molecule has 0 radical (unpaired) electrons. The van der Waals surface area contributed by atoms with Crippen LogP contribution in [0.3, 0.4) is 0 Å². The molecule has 0 spiro atoms. The van der Waals surface area contributed by atoms with Gasteiger partial charge in [-0.05, 0) is 31.0 Å². The summed E-state index contributed by atoms with van der Waals surface area (Å²) in [5.41, 5.74) is 2.86. The predicted molar refractivity (Wildman–Crippen MR) is 72.3 cm³/mol. The molecule has 1 amide bonds. The van der Waals surface area contributed by atoms with E-state index < -0.39 is 12.0 Å². The van der Waals surface area contributed by atoms with Crippen LogP contribution in [0.4, 0.5) is 5.69 Å².